The lowest BCUT2D eigenvalue weighted by Gasteiger charge is -2.06. The monoisotopic (exact) mass is 261 g/mol. The summed E-state index contributed by atoms with van der Waals surface area (Å²) in [5, 5.41) is -0.550. The second-order valence-corrected chi connectivity index (χ2v) is 7.55. The third-order valence-electron chi connectivity index (χ3n) is 2.24. The third-order valence-corrected chi connectivity index (χ3v) is 6.29. The Kier molecular flexibility index (Phi) is 2.77. The number of sulfonamides is 2. The molecule has 1 aliphatic rings. The third kappa shape index (κ3) is 2.42. The highest BCUT2D eigenvalue weighted by atomic mass is 32.3. The molecule has 0 heterocycles. The van der Waals surface area contributed by atoms with Gasteiger partial charge in [-0.15, -0.1) is 4.13 Å². The predicted molar refractivity (Wildman–Crippen MR) is 58.7 cm³/mol. The summed E-state index contributed by atoms with van der Waals surface area (Å²) in [6.45, 7) is 0. The second-order valence-electron chi connectivity index (χ2n) is 3.64. The van der Waals surface area contributed by atoms with Crippen LogP contribution in [0.4, 0.5) is 0 Å². The van der Waals surface area contributed by atoms with Crippen LogP contribution in [0.25, 0.3) is 0 Å². The Labute approximate surface area is 94.6 Å². The van der Waals surface area contributed by atoms with Crippen molar-refractivity contribution in [3.63, 3.8) is 0 Å². The fourth-order valence-electron chi connectivity index (χ4n) is 1.25. The molecular weight excluding hydrogens is 250 g/mol. The molecule has 0 amide bonds. The van der Waals surface area contributed by atoms with Crippen LogP contribution in [0, 0.1) is 0 Å². The van der Waals surface area contributed by atoms with E-state index in [1.165, 1.54) is 24.3 Å². The molecule has 1 fully saturated rings. The molecule has 0 unspecified atom stereocenters. The minimum atomic E-state index is -3.96. The lowest BCUT2D eigenvalue weighted by molar-refractivity contribution is 0.576. The summed E-state index contributed by atoms with van der Waals surface area (Å²) in [5.41, 5.74) is 0. The van der Waals surface area contributed by atoms with Gasteiger partial charge in [-0.1, -0.05) is 18.2 Å². The van der Waals surface area contributed by atoms with Crippen LogP contribution in [-0.2, 0) is 20.0 Å². The van der Waals surface area contributed by atoms with Crippen molar-refractivity contribution < 1.29 is 16.8 Å². The fourth-order valence-corrected chi connectivity index (χ4v) is 4.67. The van der Waals surface area contributed by atoms with Crippen molar-refractivity contribution in [1.29, 1.82) is 0 Å². The van der Waals surface area contributed by atoms with Crippen molar-refractivity contribution in [3.8, 4) is 0 Å². The van der Waals surface area contributed by atoms with E-state index >= 15 is 0 Å². The van der Waals surface area contributed by atoms with Crippen LogP contribution in [0.1, 0.15) is 12.8 Å². The average molecular weight is 261 g/mol. The van der Waals surface area contributed by atoms with Crippen LogP contribution in [0.15, 0.2) is 35.2 Å². The van der Waals surface area contributed by atoms with Gasteiger partial charge < -0.3 is 0 Å². The largest absolute Gasteiger partial charge is 0.253 e. The van der Waals surface area contributed by atoms with Crippen molar-refractivity contribution in [1.82, 2.24) is 4.13 Å². The first-order chi connectivity index (χ1) is 7.42. The Morgan fingerprint density at radius 3 is 2.06 bits per heavy atom. The van der Waals surface area contributed by atoms with Crippen LogP contribution < -0.4 is 4.13 Å². The molecule has 1 aromatic rings. The maximum atomic E-state index is 11.7. The molecule has 0 radical (unpaired) electrons. The summed E-state index contributed by atoms with van der Waals surface area (Å²) >= 11 is 0. The quantitative estimate of drug-likeness (QED) is 0.853. The molecule has 0 atom stereocenters. The summed E-state index contributed by atoms with van der Waals surface area (Å²) in [4.78, 5) is -0.0424. The molecule has 1 aliphatic carbocycles. The van der Waals surface area contributed by atoms with Crippen molar-refractivity contribution in [2.45, 2.75) is 23.0 Å². The van der Waals surface area contributed by atoms with E-state index in [1.54, 1.807) is 10.2 Å². The topological polar surface area (TPSA) is 80.3 Å². The summed E-state index contributed by atoms with van der Waals surface area (Å²) in [6.07, 6.45) is 1.05. The second kappa shape index (κ2) is 3.83. The lowest BCUT2D eigenvalue weighted by Crippen LogP contribution is -2.33. The molecule has 16 heavy (non-hydrogen) atoms. The summed E-state index contributed by atoms with van der Waals surface area (Å²) in [5.74, 6) is 0. The van der Waals surface area contributed by atoms with Crippen molar-refractivity contribution >= 4 is 20.0 Å². The molecule has 0 saturated heterocycles. The van der Waals surface area contributed by atoms with E-state index in [0.29, 0.717) is 12.8 Å². The highest BCUT2D eigenvalue weighted by Gasteiger charge is 2.38. The Hall–Kier alpha value is -0.920. The molecule has 0 aromatic heterocycles. The van der Waals surface area contributed by atoms with Crippen molar-refractivity contribution in [2.24, 2.45) is 0 Å². The van der Waals surface area contributed by atoms with Gasteiger partial charge in [-0.05, 0) is 25.0 Å². The Bertz CT molecular complexity index is 573. The van der Waals surface area contributed by atoms with Crippen LogP contribution in [0.5, 0.6) is 0 Å². The van der Waals surface area contributed by atoms with E-state index in [4.69, 9.17) is 0 Å². The average Bonchev–Trinajstić information content (AvgIpc) is 3.00. The number of nitrogens with one attached hydrogen (secondary N) is 1. The van der Waals surface area contributed by atoms with E-state index in [2.05, 4.69) is 0 Å². The highest BCUT2D eigenvalue weighted by Crippen LogP contribution is 2.28. The summed E-state index contributed by atoms with van der Waals surface area (Å²) in [7, 11) is -7.69. The molecule has 0 spiro atoms. The molecule has 1 N–H and O–H groups in total. The Morgan fingerprint density at radius 1 is 1.00 bits per heavy atom. The van der Waals surface area contributed by atoms with Gasteiger partial charge in [0.2, 0.25) is 10.0 Å². The fraction of sp³-hybridized carbons (Fsp3) is 0.333. The van der Waals surface area contributed by atoms with Gasteiger partial charge in [-0.2, -0.15) is 0 Å². The smallest absolute Gasteiger partial charge is 0.211 e. The molecule has 5 nitrogen and oxygen atoms in total. The first-order valence-electron chi connectivity index (χ1n) is 4.74. The maximum absolute atomic E-state index is 11.7. The number of benzene rings is 1. The van der Waals surface area contributed by atoms with Crippen LogP contribution in [-0.4, -0.2) is 22.1 Å². The van der Waals surface area contributed by atoms with E-state index < -0.39 is 25.3 Å². The lowest BCUT2D eigenvalue weighted by atomic mass is 10.4. The van der Waals surface area contributed by atoms with E-state index in [9.17, 15) is 16.8 Å². The van der Waals surface area contributed by atoms with Gasteiger partial charge in [0, 0.05) is 0 Å². The van der Waals surface area contributed by atoms with Gasteiger partial charge in [-0.3, -0.25) is 0 Å². The van der Waals surface area contributed by atoms with E-state index in [1.807, 2.05) is 0 Å². The Balaban J connectivity index is 2.28. The molecular formula is C9H11NO4S2. The summed E-state index contributed by atoms with van der Waals surface area (Å²) in [6, 6.07) is 7.44. The Morgan fingerprint density at radius 2 is 1.56 bits per heavy atom. The first kappa shape index (κ1) is 11.6. The molecule has 0 bridgehead atoms. The van der Waals surface area contributed by atoms with Crippen LogP contribution in [0.3, 0.4) is 0 Å². The minimum absolute atomic E-state index is 0.0424. The summed E-state index contributed by atoms with van der Waals surface area (Å²) < 4.78 is 48.1. The predicted octanol–water partition coefficient (Wildman–Crippen LogP) is 0.457. The van der Waals surface area contributed by atoms with Crippen LogP contribution >= 0.6 is 0 Å². The minimum Gasteiger partial charge on any atom is -0.211 e. The van der Waals surface area contributed by atoms with Gasteiger partial charge in [0.1, 0.15) is 0 Å². The van der Waals surface area contributed by atoms with E-state index in [-0.39, 0.29) is 4.90 Å². The van der Waals surface area contributed by atoms with Gasteiger partial charge in [0.25, 0.3) is 10.0 Å². The zero-order valence-electron chi connectivity index (χ0n) is 8.33. The normalized spacial score (nSPS) is 17.2. The molecule has 88 valence electrons. The van der Waals surface area contributed by atoms with Crippen molar-refractivity contribution in [3.05, 3.63) is 30.3 Å². The highest BCUT2D eigenvalue weighted by molar-refractivity contribution is 8.05. The number of hydrogen-bond acceptors (Lipinski definition) is 4. The molecule has 1 aromatic carbocycles. The molecule has 2 rings (SSSR count). The number of hydrogen-bond donors (Lipinski definition) is 1. The first-order valence-corrected chi connectivity index (χ1v) is 7.77. The van der Waals surface area contributed by atoms with E-state index in [0.717, 1.165) is 0 Å². The maximum Gasteiger partial charge on any atom is 0.253 e. The number of rotatable bonds is 4. The SMILES string of the molecule is O=S(=O)(NS(=O)(=O)C1CC1)c1ccccc1. The zero-order chi connectivity index (χ0) is 11.8. The standard InChI is InChI=1S/C9H11NO4S2/c11-15(12,8-4-2-1-3-5-8)10-16(13,14)9-6-7-9/h1-5,9-10H,6-7H2. The van der Waals surface area contributed by atoms with Gasteiger partial charge >= 0.3 is 0 Å². The van der Waals surface area contributed by atoms with Crippen molar-refractivity contribution in [2.75, 3.05) is 0 Å². The molecule has 1 saturated carbocycles. The van der Waals surface area contributed by atoms with Gasteiger partial charge in [0.15, 0.2) is 0 Å². The van der Waals surface area contributed by atoms with Gasteiger partial charge in [0.05, 0.1) is 10.1 Å². The van der Waals surface area contributed by atoms with Gasteiger partial charge in [-0.25, -0.2) is 16.8 Å². The molecule has 7 heteroatoms. The molecule has 0 aliphatic heterocycles. The zero-order valence-corrected chi connectivity index (χ0v) is 9.96. The van der Waals surface area contributed by atoms with Crippen LogP contribution in [0.2, 0.25) is 0 Å².